The van der Waals surface area contributed by atoms with Crippen LogP contribution in [0.3, 0.4) is 0 Å². The van der Waals surface area contributed by atoms with Gasteiger partial charge in [-0.15, -0.1) is 0 Å². The number of alkyl carbamates (subject to hydrolysis) is 1. The molecule has 0 saturated carbocycles. The van der Waals surface area contributed by atoms with Gasteiger partial charge in [0, 0.05) is 12.0 Å². The SMILES string of the molecule is CCC(C)[C@H](NC(=O)OCC1c2ccccc2-c2ccccc21)C(=O)N(CC(=O)O)C(C)CC. The fourth-order valence-corrected chi connectivity index (χ4v) is 4.45. The fourth-order valence-electron chi connectivity index (χ4n) is 4.45. The quantitative estimate of drug-likeness (QED) is 0.531. The smallest absolute Gasteiger partial charge is 0.407 e. The summed E-state index contributed by atoms with van der Waals surface area (Å²) in [6.07, 6.45) is 0.568. The molecule has 3 rings (SSSR count). The number of aliphatic carboxylic acids is 1. The van der Waals surface area contributed by atoms with E-state index in [1.54, 1.807) is 0 Å². The second kappa shape index (κ2) is 11.2. The second-order valence-corrected chi connectivity index (χ2v) is 8.95. The molecule has 2 N–H and O–H groups in total. The lowest BCUT2D eigenvalue weighted by Gasteiger charge is -2.33. The predicted octanol–water partition coefficient (Wildman–Crippen LogP) is 4.65. The van der Waals surface area contributed by atoms with Crippen molar-refractivity contribution >= 4 is 18.0 Å². The molecular formula is C27H34N2O5. The highest BCUT2D eigenvalue weighted by molar-refractivity contribution is 5.88. The third kappa shape index (κ3) is 5.41. The summed E-state index contributed by atoms with van der Waals surface area (Å²) >= 11 is 0. The van der Waals surface area contributed by atoms with Crippen molar-refractivity contribution in [1.29, 1.82) is 0 Å². The summed E-state index contributed by atoms with van der Waals surface area (Å²) in [5, 5.41) is 12.0. The van der Waals surface area contributed by atoms with Gasteiger partial charge in [-0.25, -0.2) is 4.79 Å². The summed E-state index contributed by atoms with van der Waals surface area (Å²) in [5.41, 5.74) is 4.49. The van der Waals surface area contributed by atoms with Gasteiger partial charge in [0.2, 0.25) is 5.91 Å². The largest absolute Gasteiger partial charge is 0.480 e. The lowest BCUT2D eigenvalue weighted by molar-refractivity contribution is -0.147. The minimum absolute atomic E-state index is 0.0838. The van der Waals surface area contributed by atoms with Crippen LogP contribution in [0.1, 0.15) is 57.6 Å². The Kier molecular flexibility index (Phi) is 8.31. The Morgan fingerprint density at radius 1 is 0.971 bits per heavy atom. The molecule has 0 fully saturated rings. The number of amides is 2. The Morgan fingerprint density at radius 2 is 1.53 bits per heavy atom. The number of nitrogens with zero attached hydrogens (tertiary/aromatic N) is 1. The lowest BCUT2D eigenvalue weighted by atomic mass is 9.97. The first kappa shape index (κ1) is 25.3. The van der Waals surface area contributed by atoms with Crippen molar-refractivity contribution < 1.29 is 24.2 Å². The van der Waals surface area contributed by atoms with Crippen LogP contribution in [-0.4, -0.2) is 53.2 Å². The summed E-state index contributed by atoms with van der Waals surface area (Å²) in [7, 11) is 0. The van der Waals surface area contributed by atoms with Gasteiger partial charge in [-0.1, -0.05) is 75.7 Å². The number of nitrogens with one attached hydrogen (secondary N) is 1. The van der Waals surface area contributed by atoms with E-state index in [2.05, 4.69) is 17.4 Å². The molecule has 1 aliphatic carbocycles. The van der Waals surface area contributed by atoms with E-state index < -0.39 is 30.6 Å². The van der Waals surface area contributed by atoms with Gasteiger partial charge in [-0.3, -0.25) is 9.59 Å². The highest BCUT2D eigenvalue weighted by Crippen LogP contribution is 2.44. The summed E-state index contributed by atoms with van der Waals surface area (Å²) in [6, 6.07) is 15.0. The van der Waals surface area contributed by atoms with E-state index in [0.29, 0.717) is 12.8 Å². The van der Waals surface area contributed by atoms with Crippen molar-refractivity contribution in [2.24, 2.45) is 5.92 Å². The molecular weight excluding hydrogens is 432 g/mol. The highest BCUT2D eigenvalue weighted by Gasteiger charge is 2.34. The van der Waals surface area contributed by atoms with E-state index in [1.807, 2.05) is 64.1 Å². The predicted molar refractivity (Wildman–Crippen MR) is 131 cm³/mol. The van der Waals surface area contributed by atoms with Gasteiger partial charge in [0.15, 0.2) is 0 Å². The van der Waals surface area contributed by atoms with Gasteiger partial charge in [-0.05, 0) is 41.5 Å². The van der Waals surface area contributed by atoms with Crippen LogP contribution in [-0.2, 0) is 14.3 Å². The molecule has 2 aromatic rings. The van der Waals surface area contributed by atoms with E-state index in [4.69, 9.17) is 4.74 Å². The average Bonchev–Trinajstić information content (AvgIpc) is 3.16. The van der Waals surface area contributed by atoms with Crippen LogP contribution in [0, 0.1) is 5.92 Å². The number of hydrogen-bond donors (Lipinski definition) is 2. The van der Waals surface area contributed by atoms with E-state index in [-0.39, 0.29) is 24.5 Å². The third-order valence-corrected chi connectivity index (χ3v) is 6.81. The van der Waals surface area contributed by atoms with E-state index in [1.165, 1.54) is 4.90 Å². The van der Waals surface area contributed by atoms with Gasteiger partial charge in [0.25, 0.3) is 0 Å². The van der Waals surface area contributed by atoms with Crippen molar-refractivity contribution in [2.75, 3.05) is 13.2 Å². The van der Waals surface area contributed by atoms with Crippen LogP contribution in [0.25, 0.3) is 11.1 Å². The zero-order valence-corrected chi connectivity index (χ0v) is 20.3. The topological polar surface area (TPSA) is 95.9 Å². The molecule has 0 aliphatic heterocycles. The first-order valence-electron chi connectivity index (χ1n) is 11.9. The van der Waals surface area contributed by atoms with Crippen LogP contribution in [0.15, 0.2) is 48.5 Å². The van der Waals surface area contributed by atoms with Gasteiger partial charge < -0.3 is 20.1 Å². The summed E-state index contributed by atoms with van der Waals surface area (Å²) in [6.45, 7) is 7.22. The molecule has 2 amide bonds. The molecule has 34 heavy (non-hydrogen) atoms. The molecule has 7 nitrogen and oxygen atoms in total. The molecule has 1 aliphatic rings. The highest BCUT2D eigenvalue weighted by atomic mass is 16.5. The van der Waals surface area contributed by atoms with Gasteiger partial charge in [0.05, 0.1) is 0 Å². The fraction of sp³-hybridized carbons (Fsp3) is 0.444. The van der Waals surface area contributed by atoms with Gasteiger partial charge in [-0.2, -0.15) is 0 Å². The Labute approximate surface area is 201 Å². The number of ether oxygens (including phenoxy) is 1. The summed E-state index contributed by atoms with van der Waals surface area (Å²) in [5.74, 6) is -1.76. The molecule has 0 aromatic heterocycles. The normalized spacial score (nSPS) is 14.9. The molecule has 0 bridgehead atoms. The second-order valence-electron chi connectivity index (χ2n) is 8.95. The number of hydrogen-bond acceptors (Lipinski definition) is 4. The van der Waals surface area contributed by atoms with Crippen LogP contribution >= 0.6 is 0 Å². The average molecular weight is 467 g/mol. The van der Waals surface area contributed by atoms with Crippen molar-refractivity contribution in [2.45, 2.75) is 58.5 Å². The first-order valence-corrected chi connectivity index (χ1v) is 11.9. The van der Waals surface area contributed by atoms with Crippen molar-refractivity contribution in [3.63, 3.8) is 0 Å². The number of benzene rings is 2. The standard InChI is InChI=1S/C27H34N2O5/c1-5-17(3)25(26(32)29(15-24(30)31)18(4)6-2)28-27(33)34-16-23-21-13-9-7-11-19(21)20-12-8-10-14-22(20)23/h7-14,17-18,23,25H,5-6,15-16H2,1-4H3,(H,28,33)(H,30,31)/t17?,18?,25-/m0/s1. The zero-order valence-electron chi connectivity index (χ0n) is 20.3. The zero-order chi connectivity index (χ0) is 24.8. The van der Waals surface area contributed by atoms with Gasteiger partial charge in [0.1, 0.15) is 19.2 Å². The van der Waals surface area contributed by atoms with Crippen LogP contribution in [0.5, 0.6) is 0 Å². The van der Waals surface area contributed by atoms with Gasteiger partial charge >= 0.3 is 12.1 Å². The molecule has 7 heteroatoms. The molecule has 0 radical (unpaired) electrons. The summed E-state index contributed by atoms with van der Waals surface area (Å²) < 4.78 is 5.63. The summed E-state index contributed by atoms with van der Waals surface area (Å²) in [4.78, 5) is 38.8. The molecule has 182 valence electrons. The number of fused-ring (bicyclic) bond motifs is 3. The molecule has 0 spiro atoms. The van der Waals surface area contributed by atoms with E-state index in [0.717, 1.165) is 22.3 Å². The van der Waals surface area contributed by atoms with Crippen LogP contribution < -0.4 is 5.32 Å². The third-order valence-electron chi connectivity index (χ3n) is 6.81. The molecule has 2 aromatic carbocycles. The number of carboxylic acids is 1. The van der Waals surface area contributed by atoms with Crippen LogP contribution in [0.2, 0.25) is 0 Å². The number of rotatable bonds is 10. The molecule has 3 atom stereocenters. The number of carboxylic acid groups (broad SMARTS) is 1. The maximum atomic E-state index is 13.3. The number of carbonyl (C=O) groups is 3. The Morgan fingerprint density at radius 3 is 2.03 bits per heavy atom. The van der Waals surface area contributed by atoms with Crippen molar-refractivity contribution in [3.8, 4) is 11.1 Å². The lowest BCUT2D eigenvalue weighted by Crippen LogP contribution is -2.55. The van der Waals surface area contributed by atoms with Crippen molar-refractivity contribution in [1.82, 2.24) is 10.2 Å². The minimum atomic E-state index is -1.09. The Bertz CT molecular complexity index is 992. The molecule has 0 heterocycles. The maximum absolute atomic E-state index is 13.3. The van der Waals surface area contributed by atoms with E-state index >= 15 is 0 Å². The minimum Gasteiger partial charge on any atom is -0.480 e. The van der Waals surface area contributed by atoms with Crippen LogP contribution in [0.4, 0.5) is 4.79 Å². The Hall–Kier alpha value is -3.35. The molecule has 0 saturated heterocycles. The Balaban J connectivity index is 1.73. The van der Waals surface area contributed by atoms with E-state index in [9.17, 15) is 19.5 Å². The number of carbonyl (C=O) groups excluding carboxylic acids is 2. The molecule has 2 unspecified atom stereocenters. The maximum Gasteiger partial charge on any atom is 0.407 e. The first-order chi connectivity index (χ1) is 16.3. The monoisotopic (exact) mass is 466 g/mol. The van der Waals surface area contributed by atoms with Crippen molar-refractivity contribution in [3.05, 3.63) is 59.7 Å².